The average molecular weight is 378 g/mol. The van der Waals surface area contributed by atoms with E-state index >= 15 is 0 Å². The normalized spacial score (nSPS) is 24.1. The predicted octanol–water partition coefficient (Wildman–Crippen LogP) is 2.47. The second-order valence-corrected chi connectivity index (χ2v) is 6.89. The number of esters is 1. The summed E-state index contributed by atoms with van der Waals surface area (Å²) in [5, 5.41) is 6.64. The van der Waals surface area contributed by atoms with Gasteiger partial charge >= 0.3 is 5.97 Å². The van der Waals surface area contributed by atoms with E-state index in [0.29, 0.717) is 24.3 Å². The van der Waals surface area contributed by atoms with Crippen molar-refractivity contribution in [1.82, 2.24) is 5.32 Å². The number of nitrogens with zero attached hydrogens (tertiary/aromatic N) is 1. The zero-order valence-corrected chi connectivity index (χ0v) is 15.1. The molecule has 3 rings (SSSR count). The van der Waals surface area contributed by atoms with Crippen LogP contribution >= 0.6 is 0 Å². The maximum absolute atomic E-state index is 13.4. The number of hydrogen-bond donors (Lipinski definition) is 1. The van der Waals surface area contributed by atoms with Crippen molar-refractivity contribution in [2.45, 2.75) is 31.8 Å². The number of rotatable bonds is 5. The molecule has 1 amide bonds. The smallest absolute Gasteiger partial charge is 0.333 e. The molecule has 1 aromatic rings. The number of nitrogens with one attached hydrogen (secondary N) is 1. The van der Waals surface area contributed by atoms with Crippen molar-refractivity contribution in [3.63, 3.8) is 0 Å². The monoisotopic (exact) mass is 378 g/mol. The lowest BCUT2D eigenvalue weighted by Gasteiger charge is -2.21. The summed E-state index contributed by atoms with van der Waals surface area (Å²) in [6.45, 7) is 1.92. The largest absolute Gasteiger partial charge is 0.466 e. The Labute approximate surface area is 155 Å². The molecule has 1 aromatic carbocycles. The number of halogens is 2. The fourth-order valence-electron chi connectivity index (χ4n) is 3.20. The first kappa shape index (κ1) is 19.0. The molecule has 1 heterocycles. The minimum atomic E-state index is -1.26. The Kier molecular flexibility index (Phi) is 5.25. The number of benzene rings is 1. The van der Waals surface area contributed by atoms with Crippen molar-refractivity contribution in [3.8, 4) is 0 Å². The van der Waals surface area contributed by atoms with Crippen molar-refractivity contribution >= 4 is 17.6 Å². The minimum Gasteiger partial charge on any atom is -0.466 e. The van der Waals surface area contributed by atoms with Gasteiger partial charge in [-0.2, -0.15) is 0 Å². The summed E-state index contributed by atoms with van der Waals surface area (Å²) < 4.78 is 31.5. The molecule has 1 N–H and O–H groups in total. The summed E-state index contributed by atoms with van der Waals surface area (Å²) in [4.78, 5) is 29.3. The van der Waals surface area contributed by atoms with Crippen LogP contribution in [0.3, 0.4) is 0 Å². The third-order valence-corrected chi connectivity index (χ3v) is 4.73. The first-order chi connectivity index (χ1) is 12.8. The van der Waals surface area contributed by atoms with Gasteiger partial charge in [0.2, 0.25) is 5.60 Å². The predicted molar refractivity (Wildman–Crippen MR) is 92.8 cm³/mol. The Balaban J connectivity index is 1.58. The second-order valence-electron chi connectivity index (χ2n) is 6.89. The van der Waals surface area contributed by atoms with Gasteiger partial charge in [0.05, 0.1) is 12.8 Å². The summed E-state index contributed by atoms with van der Waals surface area (Å²) in [5.41, 5.74) is -0.102. The Hall–Kier alpha value is -2.77. The van der Waals surface area contributed by atoms with Crippen LogP contribution < -0.4 is 5.32 Å². The van der Waals surface area contributed by atoms with Crippen molar-refractivity contribution in [2.24, 2.45) is 11.1 Å². The highest BCUT2D eigenvalue weighted by Gasteiger charge is 2.42. The highest BCUT2D eigenvalue weighted by Crippen LogP contribution is 2.28. The van der Waals surface area contributed by atoms with Crippen molar-refractivity contribution in [1.29, 1.82) is 0 Å². The van der Waals surface area contributed by atoms with Crippen LogP contribution in [0.4, 0.5) is 8.78 Å². The van der Waals surface area contributed by atoms with Gasteiger partial charge in [0.25, 0.3) is 5.91 Å². The first-order valence-electron chi connectivity index (χ1n) is 8.59. The molecule has 6 nitrogen and oxygen atoms in total. The fourth-order valence-corrected chi connectivity index (χ4v) is 3.20. The van der Waals surface area contributed by atoms with Gasteiger partial charge in [-0.15, -0.1) is 0 Å². The molecule has 27 heavy (non-hydrogen) atoms. The van der Waals surface area contributed by atoms with E-state index < -0.39 is 17.2 Å². The lowest BCUT2D eigenvalue weighted by molar-refractivity contribution is -0.141. The molecule has 8 heteroatoms. The molecule has 0 saturated carbocycles. The molecule has 1 aliphatic carbocycles. The van der Waals surface area contributed by atoms with Crippen LogP contribution in [0.25, 0.3) is 0 Å². The number of amides is 1. The molecule has 0 spiro atoms. The molecule has 2 atom stereocenters. The van der Waals surface area contributed by atoms with E-state index in [1.54, 1.807) is 13.0 Å². The van der Waals surface area contributed by atoms with E-state index in [2.05, 4.69) is 10.5 Å². The Bertz CT molecular complexity index is 817. The number of methoxy groups -OCH3 is 1. The molecule has 0 saturated heterocycles. The van der Waals surface area contributed by atoms with Crippen LogP contribution in [0.2, 0.25) is 0 Å². The van der Waals surface area contributed by atoms with Gasteiger partial charge < -0.3 is 14.9 Å². The van der Waals surface area contributed by atoms with Gasteiger partial charge in [-0.25, -0.2) is 13.6 Å². The molecule has 0 aromatic heterocycles. The first-order valence-corrected chi connectivity index (χ1v) is 8.59. The average Bonchev–Trinajstić information content (AvgIpc) is 3.26. The van der Waals surface area contributed by atoms with Crippen LogP contribution in [0, 0.1) is 17.6 Å². The number of carbonyl (C=O) groups is 2. The Morgan fingerprint density at radius 3 is 2.70 bits per heavy atom. The molecular weight excluding hydrogens is 358 g/mol. The third kappa shape index (κ3) is 4.15. The molecule has 1 aliphatic heterocycles. The van der Waals surface area contributed by atoms with Gasteiger partial charge in [-0.05, 0) is 37.8 Å². The SMILES string of the molecule is COC(=O)C1=C[C@@H](CNC(=O)[C@@]2(C)CC(c3cc(F)cc(F)c3)=NO2)CC1. The quantitative estimate of drug-likeness (QED) is 0.799. The van der Waals surface area contributed by atoms with E-state index in [0.717, 1.165) is 24.6 Å². The van der Waals surface area contributed by atoms with E-state index in [1.807, 2.05) is 0 Å². The van der Waals surface area contributed by atoms with Crippen LogP contribution in [-0.4, -0.2) is 36.8 Å². The van der Waals surface area contributed by atoms with Crippen molar-refractivity contribution < 1.29 is 27.9 Å². The van der Waals surface area contributed by atoms with E-state index in [-0.39, 0.29) is 29.8 Å². The van der Waals surface area contributed by atoms with E-state index in [1.165, 1.54) is 7.11 Å². The third-order valence-electron chi connectivity index (χ3n) is 4.73. The summed E-state index contributed by atoms with van der Waals surface area (Å²) >= 11 is 0. The molecular formula is C19H20F2N2O4. The topological polar surface area (TPSA) is 77.0 Å². The van der Waals surface area contributed by atoms with Crippen molar-refractivity contribution in [2.75, 3.05) is 13.7 Å². The van der Waals surface area contributed by atoms with Crippen LogP contribution in [0.1, 0.15) is 31.7 Å². The summed E-state index contributed by atoms with van der Waals surface area (Å²) in [6, 6.07) is 3.06. The van der Waals surface area contributed by atoms with Crippen LogP contribution in [0.15, 0.2) is 35.0 Å². The lowest BCUT2D eigenvalue weighted by Crippen LogP contribution is -2.46. The van der Waals surface area contributed by atoms with Crippen LogP contribution in [-0.2, 0) is 19.2 Å². The zero-order chi connectivity index (χ0) is 19.6. The number of hydrogen-bond acceptors (Lipinski definition) is 5. The van der Waals surface area contributed by atoms with Crippen molar-refractivity contribution in [3.05, 3.63) is 47.0 Å². The molecule has 144 valence electrons. The maximum Gasteiger partial charge on any atom is 0.333 e. The molecule has 0 fully saturated rings. The standard InChI is InChI=1S/C19H20F2N2O4/c1-19(9-16(23-27-19)13-6-14(20)8-15(21)7-13)18(25)22-10-11-3-4-12(5-11)17(24)26-2/h5-8,11H,3-4,9-10H2,1-2H3,(H,22,25)/t11-,19+/m0/s1. The number of carbonyl (C=O) groups excluding carboxylic acids is 2. The second kappa shape index (κ2) is 7.46. The zero-order valence-electron chi connectivity index (χ0n) is 15.1. The minimum absolute atomic E-state index is 0.0331. The van der Waals surface area contributed by atoms with Gasteiger partial charge in [-0.3, -0.25) is 4.79 Å². The summed E-state index contributed by atoms with van der Waals surface area (Å²) in [6.07, 6.45) is 3.25. The maximum atomic E-state index is 13.4. The highest BCUT2D eigenvalue weighted by molar-refractivity contribution is 6.05. The number of ether oxygens (including phenoxy) is 1. The van der Waals surface area contributed by atoms with Gasteiger partial charge in [0.1, 0.15) is 11.6 Å². The highest BCUT2D eigenvalue weighted by atomic mass is 19.1. The van der Waals surface area contributed by atoms with Gasteiger partial charge in [0, 0.05) is 30.2 Å². The number of oxime groups is 1. The van der Waals surface area contributed by atoms with Gasteiger partial charge in [0.15, 0.2) is 0 Å². The summed E-state index contributed by atoms with van der Waals surface area (Å²) in [5.74, 6) is -2.14. The Morgan fingerprint density at radius 2 is 2.04 bits per heavy atom. The molecule has 0 unspecified atom stereocenters. The van der Waals surface area contributed by atoms with E-state index in [4.69, 9.17) is 9.57 Å². The lowest BCUT2D eigenvalue weighted by atomic mass is 9.94. The van der Waals surface area contributed by atoms with Crippen LogP contribution in [0.5, 0.6) is 0 Å². The molecule has 0 radical (unpaired) electrons. The summed E-state index contributed by atoms with van der Waals surface area (Å²) in [7, 11) is 1.33. The van der Waals surface area contributed by atoms with Gasteiger partial charge in [-0.1, -0.05) is 11.2 Å². The molecule has 2 aliphatic rings. The van der Waals surface area contributed by atoms with E-state index in [9.17, 15) is 18.4 Å². The molecule has 0 bridgehead atoms. The Morgan fingerprint density at radius 1 is 1.33 bits per heavy atom. The fraction of sp³-hybridized carbons (Fsp3) is 0.421.